The third-order valence-corrected chi connectivity index (χ3v) is 2.30. The number of rotatable bonds is 5. The van der Waals surface area contributed by atoms with E-state index in [4.69, 9.17) is 14.6 Å². The molecule has 92 valence electrons. The predicted molar refractivity (Wildman–Crippen MR) is 56.2 cm³/mol. The lowest BCUT2D eigenvalue weighted by atomic mass is 10.5. The lowest BCUT2D eigenvalue weighted by Gasteiger charge is -2.31. The van der Waals surface area contributed by atoms with Gasteiger partial charge >= 0.3 is 0 Å². The Morgan fingerprint density at radius 1 is 1.27 bits per heavy atom. The third-order valence-electron chi connectivity index (χ3n) is 2.30. The number of hydrogen-bond acceptors (Lipinski definition) is 4. The van der Waals surface area contributed by atoms with Crippen molar-refractivity contribution >= 4 is 6.16 Å². The molecule has 0 bridgehead atoms. The van der Waals surface area contributed by atoms with Gasteiger partial charge in [-0.1, -0.05) is 0 Å². The zero-order valence-electron chi connectivity index (χ0n) is 10.4. The molecule has 0 aliphatic carbocycles. The largest absolute Gasteiger partial charge is 0.553 e. The van der Waals surface area contributed by atoms with Gasteiger partial charge < -0.3 is 23.9 Å². The molecule has 0 amide bonds. The molecule has 0 saturated heterocycles. The molecule has 0 radical (unpaired) electrons. The highest BCUT2D eigenvalue weighted by atomic mass is 16.6. The Bertz CT molecular complexity index is 158. The van der Waals surface area contributed by atoms with Crippen molar-refractivity contribution in [1.29, 1.82) is 0 Å². The fraction of sp³-hybridized carbons (Fsp3) is 0.900. The summed E-state index contributed by atoms with van der Waals surface area (Å²) in [5, 5.41) is 9.03. The molecule has 0 fully saturated rings. The molecule has 5 nitrogen and oxygen atoms in total. The summed E-state index contributed by atoms with van der Waals surface area (Å²) < 4.78 is 9.93. The lowest BCUT2D eigenvalue weighted by molar-refractivity contribution is -0.924. The number of carbonyl (C=O) groups is 1. The van der Waals surface area contributed by atoms with Crippen molar-refractivity contribution < 1.29 is 23.9 Å². The number of carbonyl (C=O) groups excluding carboxylic acids is 1. The maximum Gasteiger partial charge on any atom is 0.251 e. The van der Waals surface area contributed by atoms with E-state index in [1.54, 1.807) is 0 Å². The monoisotopic (exact) mass is 221 g/mol. The topological polar surface area (TPSA) is 58.6 Å². The molecule has 0 rings (SSSR count). The summed E-state index contributed by atoms with van der Waals surface area (Å²) in [6, 6.07) is 0. The highest BCUT2D eigenvalue weighted by molar-refractivity contribution is 5.53. The number of methoxy groups -OCH3 is 1. The van der Waals surface area contributed by atoms with E-state index in [0.29, 0.717) is 0 Å². The van der Waals surface area contributed by atoms with E-state index < -0.39 is 6.16 Å². The van der Waals surface area contributed by atoms with Gasteiger partial charge in [0.25, 0.3) is 6.16 Å². The van der Waals surface area contributed by atoms with E-state index in [9.17, 15) is 0 Å². The molecule has 0 aromatic heterocycles. The fourth-order valence-corrected chi connectivity index (χ4v) is 0.718. The second-order valence-corrected chi connectivity index (χ2v) is 3.33. The van der Waals surface area contributed by atoms with Gasteiger partial charge in [0.05, 0.1) is 20.1 Å². The molecule has 0 aromatic carbocycles. The Labute approximate surface area is 92.2 Å². The van der Waals surface area contributed by atoms with Crippen molar-refractivity contribution in [3.8, 4) is 0 Å². The lowest BCUT2D eigenvalue weighted by Crippen LogP contribution is -2.45. The molecular weight excluding hydrogens is 198 g/mol. The van der Waals surface area contributed by atoms with Gasteiger partial charge in [0.2, 0.25) is 0 Å². The molecule has 0 N–H and O–H groups in total. The Kier molecular flexibility index (Phi) is 10.8. The van der Waals surface area contributed by atoms with Crippen molar-refractivity contribution in [3.63, 3.8) is 0 Å². The molecule has 0 atom stereocenters. The minimum Gasteiger partial charge on any atom is -0.553 e. The summed E-state index contributed by atoms with van der Waals surface area (Å²) in [5.74, 6) is 0. The van der Waals surface area contributed by atoms with Gasteiger partial charge in [0, 0.05) is 13.7 Å². The molecule has 0 spiro atoms. The normalized spacial score (nSPS) is 10.2. The minimum absolute atomic E-state index is 0.827. The second-order valence-electron chi connectivity index (χ2n) is 3.33. The van der Waals surface area contributed by atoms with Crippen molar-refractivity contribution in [2.75, 3.05) is 40.6 Å². The number of carboxylic acid groups (broad SMARTS) is 1. The Balaban J connectivity index is 0. The van der Waals surface area contributed by atoms with E-state index in [1.807, 2.05) is 6.92 Å². The average Bonchev–Trinajstić information content (AvgIpc) is 2.26. The van der Waals surface area contributed by atoms with E-state index in [2.05, 4.69) is 25.6 Å². The average molecular weight is 221 g/mol. The Morgan fingerprint density at radius 2 is 1.67 bits per heavy atom. The van der Waals surface area contributed by atoms with Crippen LogP contribution in [0.4, 0.5) is 4.79 Å². The van der Waals surface area contributed by atoms with E-state index in [1.165, 1.54) is 0 Å². The fourth-order valence-electron chi connectivity index (χ4n) is 0.718. The first-order valence-electron chi connectivity index (χ1n) is 5.12. The van der Waals surface area contributed by atoms with Crippen LogP contribution in [0.25, 0.3) is 0 Å². The summed E-state index contributed by atoms with van der Waals surface area (Å²) >= 11 is 0. The van der Waals surface area contributed by atoms with Crippen LogP contribution in [0.5, 0.6) is 0 Å². The van der Waals surface area contributed by atoms with Crippen molar-refractivity contribution in [2.45, 2.75) is 20.8 Å². The summed E-state index contributed by atoms with van der Waals surface area (Å²) in [6.45, 7) is 10.4. The van der Waals surface area contributed by atoms with E-state index in [0.717, 1.165) is 38.0 Å². The van der Waals surface area contributed by atoms with Crippen LogP contribution in [0.1, 0.15) is 20.8 Å². The van der Waals surface area contributed by atoms with Crippen LogP contribution in [-0.4, -0.2) is 51.2 Å². The molecule has 0 aliphatic rings. The van der Waals surface area contributed by atoms with Gasteiger partial charge in [-0.3, -0.25) is 0 Å². The van der Waals surface area contributed by atoms with Crippen LogP contribution >= 0.6 is 0 Å². The van der Waals surface area contributed by atoms with E-state index in [-0.39, 0.29) is 0 Å². The van der Waals surface area contributed by atoms with Gasteiger partial charge in [-0.25, -0.2) is 0 Å². The minimum atomic E-state index is -1.50. The first-order chi connectivity index (χ1) is 6.95. The number of hydrogen-bond donors (Lipinski definition) is 0. The van der Waals surface area contributed by atoms with Gasteiger partial charge in [-0.2, -0.15) is 0 Å². The van der Waals surface area contributed by atoms with Crippen molar-refractivity contribution in [2.24, 2.45) is 0 Å². The quantitative estimate of drug-likeness (QED) is 0.384. The van der Waals surface area contributed by atoms with Crippen LogP contribution in [0.15, 0.2) is 0 Å². The molecule has 0 aliphatic heterocycles. The summed E-state index contributed by atoms with van der Waals surface area (Å²) in [7, 11) is 3.25. The highest BCUT2D eigenvalue weighted by Gasteiger charge is 2.14. The molecule has 0 unspecified atom stereocenters. The van der Waals surface area contributed by atoms with Crippen LogP contribution in [0.2, 0.25) is 0 Å². The zero-order chi connectivity index (χ0) is 12.3. The Hall–Kier alpha value is -0.810. The second kappa shape index (κ2) is 9.73. The third kappa shape index (κ3) is 11.1. The van der Waals surface area contributed by atoms with Crippen LogP contribution < -0.4 is 5.11 Å². The Morgan fingerprint density at radius 3 is 1.87 bits per heavy atom. The first kappa shape index (κ1) is 16.6. The maximum atomic E-state index is 9.03. The molecule has 15 heavy (non-hydrogen) atoms. The standard InChI is InChI=1S/C8H20NO.C2H4O3/c1-5-9(4,6-2)8-10-7-3;1-5-2(3)4/h5-8H2,1-4H3;1H3,(H,3,4)/q+1;/p-1. The maximum absolute atomic E-state index is 9.03. The molecule has 0 heterocycles. The molecular formula is C10H23NO4. The van der Waals surface area contributed by atoms with E-state index >= 15 is 0 Å². The first-order valence-corrected chi connectivity index (χ1v) is 5.12. The van der Waals surface area contributed by atoms with Gasteiger partial charge in [0.1, 0.15) is 0 Å². The molecule has 0 saturated carbocycles. The number of quaternary nitrogens is 1. The van der Waals surface area contributed by atoms with Gasteiger partial charge in [0.15, 0.2) is 6.73 Å². The zero-order valence-corrected chi connectivity index (χ0v) is 10.4. The highest BCUT2D eigenvalue weighted by Crippen LogP contribution is 2.00. The van der Waals surface area contributed by atoms with Gasteiger partial charge in [-0.15, -0.1) is 0 Å². The van der Waals surface area contributed by atoms with Crippen LogP contribution in [0.3, 0.4) is 0 Å². The smallest absolute Gasteiger partial charge is 0.251 e. The predicted octanol–water partition coefficient (Wildman–Crippen LogP) is 0.443. The van der Waals surface area contributed by atoms with Crippen LogP contribution in [0, 0.1) is 0 Å². The van der Waals surface area contributed by atoms with Crippen molar-refractivity contribution in [1.82, 2.24) is 0 Å². The van der Waals surface area contributed by atoms with Crippen molar-refractivity contribution in [3.05, 3.63) is 0 Å². The summed E-state index contributed by atoms with van der Waals surface area (Å²) in [6.07, 6.45) is -1.50. The SMILES string of the molecule is CCOC[N+](C)(CC)CC.COC(=O)[O-]. The summed E-state index contributed by atoms with van der Waals surface area (Å²) in [5.41, 5.74) is 0. The number of ether oxygens (including phenoxy) is 2. The van der Waals surface area contributed by atoms with Crippen LogP contribution in [-0.2, 0) is 9.47 Å². The number of nitrogens with zero attached hydrogens (tertiary/aromatic N) is 1. The molecule has 0 aromatic rings. The summed E-state index contributed by atoms with van der Waals surface area (Å²) in [4.78, 5) is 9.03. The van der Waals surface area contributed by atoms with Gasteiger partial charge in [-0.05, 0) is 20.8 Å². The molecule has 5 heteroatoms.